The molecule has 0 bridgehead atoms. The summed E-state index contributed by atoms with van der Waals surface area (Å²) in [5.74, 6) is -0.345. The maximum atomic E-state index is 13.9. The lowest BCUT2D eigenvalue weighted by Gasteiger charge is -2.43. The van der Waals surface area contributed by atoms with Crippen molar-refractivity contribution in [2.75, 3.05) is 25.1 Å². The Bertz CT molecular complexity index is 2060. The molecular weight excluding hydrogens is 690 g/mol. The normalized spacial score (nSPS) is 12.8. The zero-order valence-corrected chi connectivity index (χ0v) is 29.7. The lowest BCUT2D eigenvalue weighted by atomic mass is 10.1. The number of pyridine rings is 1. The monoisotopic (exact) mass is 726 g/mol. The number of fused-ring (bicyclic) bond motifs is 1. The van der Waals surface area contributed by atoms with Crippen LogP contribution in [-0.2, 0) is 20.1 Å². The quantitative estimate of drug-likeness (QED) is 0.111. The number of carbonyl (C=O) groups is 1. The van der Waals surface area contributed by atoms with E-state index in [0.717, 1.165) is 27.4 Å². The Morgan fingerprint density at radius 3 is 2.12 bits per heavy atom. The fraction of sp³-hybridized carbons (Fsp3) is 0.237. The van der Waals surface area contributed by atoms with Gasteiger partial charge in [0.25, 0.3) is 14.2 Å². The Kier molecular flexibility index (Phi) is 10.8. The van der Waals surface area contributed by atoms with Gasteiger partial charge in [-0.1, -0.05) is 99.6 Å². The van der Waals surface area contributed by atoms with Gasteiger partial charge in [-0.05, 0) is 39.7 Å². The molecule has 3 aromatic heterocycles. The molecule has 1 unspecified atom stereocenters. The van der Waals surface area contributed by atoms with E-state index in [4.69, 9.17) is 13.9 Å². The summed E-state index contributed by atoms with van der Waals surface area (Å²) in [5.41, 5.74) is -1.05. The van der Waals surface area contributed by atoms with Gasteiger partial charge in [-0.15, -0.1) is 0 Å². The molecule has 3 aromatic carbocycles. The number of halogens is 3. The Morgan fingerprint density at radius 2 is 1.48 bits per heavy atom. The van der Waals surface area contributed by atoms with Crippen molar-refractivity contribution in [1.82, 2.24) is 24.7 Å². The highest BCUT2D eigenvalue weighted by Gasteiger charge is 2.50. The average molecular weight is 727 g/mol. The van der Waals surface area contributed by atoms with Crippen LogP contribution in [0.3, 0.4) is 0 Å². The Hall–Kier alpha value is -5.44. The maximum absolute atomic E-state index is 13.9. The minimum Gasteiger partial charge on any atom is -0.461 e. The molecule has 0 aliphatic heterocycles. The van der Waals surface area contributed by atoms with Crippen molar-refractivity contribution in [2.45, 2.75) is 38.1 Å². The van der Waals surface area contributed by atoms with Crippen molar-refractivity contribution in [1.29, 1.82) is 0 Å². The van der Waals surface area contributed by atoms with E-state index in [1.165, 1.54) is 30.6 Å². The highest BCUT2D eigenvalue weighted by atomic mass is 28.4. The van der Waals surface area contributed by atoms with Crippen molar-refractivity contribution in [2.24, 2.45) is 0 Å². The molecule has 0 saturated heterocycles. The molecule has 10 nitrogen and oxygen atoms in total. The molecule has 0 spiro atoms. The SMILES string of the molecule is CC(C)(C)[Si](OCCOCC(Oc1ncnc2c1cnn2-c1ccccc1C(F)(F)F)C(=O)Nc1ccccn1)(c1ccccc1)c1ccccc1. The summed E-state index contributed by atoms with van der Waals surface area (Å²) in [7, 11) is -2.83. The number of benzene rings is 3. The number of para-hydroxylation sites is 1. The largest absolute Gasteiger partial charge is 0.461 e. The van der Waals surface area contributed by atoms with E-state index < -0.39 is 32.1 Å². The number of hydrogen-bond donors (Lipinski definition) is 1. The summed E-state index contributed by atoms with van der Waals surface area (Å²) < 4.78 is 61.7. The van der Waals surface area contributed by atoms with Gasteiger partial charge in [-0.3, -0.25) is 4.79 Å². The van der Waals surface area contributed by atoms with E-state index in [2.05, 4.69) is 70.4 Å². The van der Waals surface area contributed by atoms with Gasteiger partial charge in [0.05, 0.1) is 37.3 Å². The molecule has 1 N–H and O–H groups in total. The third kappa shape index (κ3) is 7.73. The minimum absolute atomic E-state index is 0.0604. The Balaban J connectivity index is 1.24. The summed E-state index contributed by atoms with van der Waals surface area (Å²) >= 11 is 0. The van der Waals surface area contributed by atoms with E-state index in [-0.39, 0.29) is 47.5 Å². The summed E-state index contributed by atoms with van der Waals surface area (Å²) in [6, 6.07) is 30.5. The van der Waals surface area contributed by atoms with Gasteiger partial charge in [0, 0.05) is 6.20 Å². The van der Waals surface area contributed by atoms with Crippen LogP contribution < -0.4 is 20.4 Å². The van der Waals surface area contributed by atoms with Crippen molar-refractivity contribution in [3.05, 3.63) is 127 Å². The summed E-state index contributed by atoms with van der Waals surface area (Å²) in [4.78, 5) is 26.1. The number of amides is 1. The highest BCUT2D eigenvalue weighted by Crippen LogP contribution is 2.37. The zero-order valence-electron chi connectivity index (χ0n) is 28.7. The topological polar surface area (TPSA) is 113 Å². The molecule has 0 radical (unpaired) electrons. The number of carbonyl (C=O) groups excluding carboxylic acids is 1. The van der Waals surface area contributed by atoms with Crippen LogP contribution in [-0.4, -0.2) is 64.9 Å². The minimum atomic E-state index is -4.63. The van der Waals surface area contributed by atoms with Crippen molar-refractivity contribution in [3.63, 3.8) is 0 Å². The number of ether oxygens (including phenoxy) is 2. The fourth-order valence-corrected chi connectivity index (χ4v) is 10.7. The Morgan fingerprint density at radius 1 is 0.827 bits per heavy atom. The molecule has 1 amide bonds. The van der Waals surface area contributed by atoms with Gasteiger partial charge in [-0.2, -0.15) is 18.3 Å². The summed E-state index contributed by atoms with van der Waals surface area (Å²) in [6.45, 7) is 6.69. The van der Waals surface area contributed by atoms with Gasteiger partial charge in [0.1, 0.15) is 17.5 Å². The first-order valence-corrected chi connectivity index (χ1v) is 18.5. The number of anilines is 1. The number of hydrogen-bond acceptors (Lipinski definition) is 8. The molecule has 14 heteroatoms. The van der Waals surface area contributed by atoms with Gasteiger partial charge in [0.15, 0.2) is 5.65 Å². The molecular formula is C38H37F3N6O4Si. The first-order chi connectivity index (χ1) is 25.0. The number of nitrogens with zero attached hydrogens (tertiary/aromatic N) is 5. The highest BCUT2D eigenvalue weighted by molar-refractivity contribution is 6.99. The van der Waals surface area contributed by atoms with Crippen LogP contribution in [0.2, 0.25) is 5.04 Å². The second-order valence-electron chi connectivity index (χ2n) is 12.9. The molecule has 52 heavy (non-hydrogen) atoms. The first-order valence-electron chi connectivity index (χ1n) is 16.6. The molecule has 3 heterocycles. The zero-order chi connectivity index (χ0) is 36.8. The average Bonchev–Trinajstić information content (AvgIpc) is 3.58. The Labute approximate surface area is 299 Å². The molecule has 0 fully saturated rings. The molecule has 0 aliphatic carbocycles. The number of rotatable bonds is 13. The number of alkyl halides is 3. The van der Waals surface area contributed by atoms with E-state index in [9.17, 15) is 18.0 Å². The molecule has 6 aromatic rings. The predicted octanol–water partition coefficient (Wildman–Crippen LogP) is 6.21. The second-order valence-corrected chi connectivity index (χ2v) is 17.2. The van der Waals surface area contributed by atoms with E-state index in [1.54, 1.807) is 18.2 Å². The second kappa shape index (κ2) is 15.4. The van der Waals surface area contributed by atoms with Crippen LogP contribution >= 0.6 is 0 Å². The lowest BCUT2D eigenvalue weighted by molar-refractivity contribution is -0.137. The van der Waals surface area contributed by atoms with Crippen LogP contribution in [0.4, 0.5) is 19.0 Å². The third-order valence-corrected chi connectivity index (χ3v) is 13.5. The number of nitrogens with one attached hydrogen (secondary N) is 1. The van der Waals surface area contributed by atoms with Crippen molar-refractivity contribution >= 4 is 41.4 Å². The molecule has 0 aliphatic rings. The van der Waals surface area contributed by atoms with E-state index >= 15 is 0 Å². The number of aromatic nitrogens is 5. The van der Waals surface area contributed by atoms with Gasteiger partial charge in [0.2, 0.25) is 12.0 Å². The van der Waals surface area contributed by atoms with Crippen molar-refractivity contribution in [3.8, 4) is 11.6 Å². The fourth-order valence-electron chi connectivity index (χ4n) is 6.14. The smallest absolute Gasteiger partial charge is 0.418 e. The molecule has 1 atom stereocenters. The molecule has 6 rings (SSSR count). The van der Waals surface area contributed by atoms with E-state index in [0.29, 0.717) is 5.82 Å². The van der Waals surface area contributed by atoms with E-state index in [1.807, 2.05) is 36.4 Å². The van der Waals surface area contributed by atoms with Gasteiger partial charge < -0.3 is 19.2 Å². The summed E-state index contributed by atoms with van der Waals surface area (Å²) in [6.07, 6.45) is -1.92. The molecule has 0 saturated carbocycles. The van der Waals surface area contributed by atoms with Crippen LogP contribution in [0.25, 0.3) is 16.7 Å². The third-order valence-electron chi connectivity index (χ3n) is 8.46. The van der Waals surface area contributed by atoms with Crippen LogP contribution in [0.5, 0.6) is 5.88 Å². The van der Waals surface area contributed by atoms with Crippen LogP contribution in [0.1, 0.15) is 26.3 Å². The van der Waals surface area contributed by atoms with Gasteiger partial charge in [-0.25, -0.2) is 19.6 Å². The van der Waals surface area contributed by atoms with Crippen molar-refractivity contribution < 1.29 is 31.9 Å². The van der Waals surface area contributed by atoms with Crippen LogP contribution in [0.15, 0.2) is 122 Å². The summed E-state index contributed by atoms with van der Waals surface area (Å²) in [5, 5.41) is 9.10. The first kappa shape index (κ1) is 36.4. The lowest BCUT2D eigenvalue weighted by Crippen LogP contribution is -2.66. The standard InChI is InChI=1S/C38H37F3N6O4Si/c1-37(2,3)52(27-14-6-4-7-15-27,28-16-8-5-9-17-28)50-23-22-49-25-32(35(48)46-33-20-12-13-21-42-33)51-36-29-24-45-47(34(29)43-26-44-36)31-19-11-10-18-30(31)38(39,40)41/h4-21,24,26,32H,22-23,25H2,1-3H3,(H,42,46,48). The predicted molar refractivity (Wildman–Crippen MR) is 193 cm³/mol. The molecule has 268 valence electrons. The van der Waals surface area contributed by atoms with Crippen LogP contribution in [0, 0.1) is 0 Å². The van der Waals surface area contributed by atoms with Gasteiger partial charge >= 0.3 is 6.18 Å². The maximum Gasteiger partial charge on any atom is 0.418 e.